The molecule has 1 aromatic heterocycles. The van der Waals surface area contributed by atoms with Crippen LogP contribution in [-0.4, -0.2) is 33.7 Å². The maximum atomic E-state index is 12.4. The number of guanidine groups is 1. The second kappa shape index (κ2) is 9.87. The first-order valence-electron chi connectivity index (χ1n) is 9.83. The van der Waals surface area contributed by atoms with Crippen molar-refractivity contribution in [1.82, 2.24) is 25.4 Å². The van der Waals surface area contributed by atoms with Crippen molar-refractivity contribution in [1.29, 1.82) is 0 Å². The molecule has 0 bridgehead atoms. The summed E-state index contributed by atoms with van der Waals surface area (Å²) in [6.45, 7) is 1.14. The van der Waals surface area contributed by atoms with Crippen molar-refractivity contribution in [3.05, 3.63) is 42.0 Å². The lowest BCUT2D eigenvalue weighted by atomic mass is 9.88. The number of benzene rings is 1. The third-order valence-electron chi connectivity index (χ3n) is 5.07. The second-order valence-electron chi connectivity index (χ2n) is 7.10. The van der Waals surface area contributed by atoms with Gasteiger partial charge in [-0.2, -0.15) is 5.10 Å². The summed E-state index contributed by atoms with van der Waals surface area (Å²) in [6.07, 6.45) is 7.09. The van der Waals surface area contributed by atoms with Gasteiger partial charge in [0.1, 0.15) is 12.2 Å². The first-order chi connectivity index (χ1) is 13.7. The van der Waals surface area contributed by atoms with Crippen LogP contribution in [0.2, 0.25) is 0 Å². The van der Waals surface area contributed by atoms with Crippen molar-refractivity contribution in [2.24, 2.45) is 18.0 Å². The number of carbonyl (C=O) groups is 1. The van der Waals surface area contributed by atoms with E-state index in [2.05, 4.69) is 31.0 Å². The van der Waals surface area contributed by atoms with Gasteiger partial charge in [-0.25, -0.2) is 4.98 Å². The van der Waals surface area contributed by atoms with E-state index in [0.717, 1.165) is 42.8 Å². The lowest BCUT2D eigenvalue weighted by molar-refractivity contribution is -0.120. The highest BCUT2D eigenvalue weighted by molar-refractivity contribution is 5.92. The number of rotatable bonds is 6. The lowest BCUT2D eigenvalue weighted by Gasteiger charge is -2.21. The van der Waals surface area contributed by atoms with Gasteiger partial charge in [0.15, 0.2) is 5.96 Å². The van der Waals surface area contributed by atoms with Gasteiger partial charge >= 0.3 is 0 Å². The van der Waals surface area contributed by atoms with Gasteiger partial charge in [-0.1, -0.05) is 31.4 Å². The van der Waals surface area contributed by atoms with Gasteiger partial charge < -0.3 is 16.0 Å². The Kier molecular flexibility index (Phi) is 7.00. The van der Waals surface area contributed by atoms with Crippen LogP contribution in [0.1, 0.15) is 43.5 Å². The highest BCUT2D eigenvalue weighted by Gasteiger charge is 2.21. The minimum Gasteiger partial charge on any atom is -0.352 e. The Labute approximate surface area is 165 Å². The molecule has 2 aromatic rings. The van der Waals surface area contributed by atoms with Crippen molar-refractivity contribution < 1.29 is 4.79 Å². The lowest BCUT2D eigenvalue weighted by Crippen LogP contribution is -2.37. The van der Waals surface area contributed by atoms with Crippen LogP contribution in [0.4, 0.5) is 5.69 Å². The number of hydrogen-bond acceptors (Lipinski definition) is 4. The van der Waals surface area contributed by atoms with E-state index in [1.807, 2.05) is 31.3 Å². The van der Waals surface area contributed by atoms with Crippen molar-refractivity contribution >= 4 is 17.6 Å². The standard InChI is InChI=1S/C20H29N7O/c1-21-20(23-13-18-24-14-25-27(18)2)22-12-15-7-6-10-17(11-15)26-19(28)16-8-4-3-5-9-16/h6-7,10-11,14,16H,3-5,8-9,12-13H2,1-2H3,(H,26,28)(H2,21,22,23). The molecular weight excluding hydrogens is 354 g/mol. The predicted octanol–water partition coefficient (Wildman–Crippen LogP) is 2.20. The Hall–Kier alpha value is -2.90. The van der Waals surface area contributed by atoms with Crippen LogP contribution in [0.5, 0.6) is 0 Å². The van der Waals surface area contributed by atoms with Crippen molar-refractivity contribution in [2.75, 3.05) is 12.4 Å². The molecule has 0 unspecified atom stereocenters. The molecule has 28 heavy (non-hydrogen) atoms. The molecule has 8 nitrogen and oxygen atoms in total. The summed E-state index contributed by atoms with van der Waals surface area (Å²) in [5.41, 5.74) is 1.92. The maximum Gasteiger partial charge on any atom is 0.227 e. The molecule has 3 rings (SSSR count). The van der Waals surface area contributed by atoms with Crippen LogP contribution in [0.3, 0.4) is 0 Å². The Morgan fingerprint density at radius 2 is 2.00 bits per heavy atom. The van der Waals surface area contributed by atoms with Crippen LogP contribution in [-0.2, 0) is 24.9 Å². The highest BCUT2D eigenvalue weighted by atomic mass is 16.1. The van der Waals surface area contributed by atoms with E-state index in [0.29, 0.717) is 19.0 Å². The van der Waals surface area contributed by atoms with E-state index >= 15 is 0 Å². The van der Waals surface area contributed by atoms with Gasteiger partial charge in [0, 0.05) is 32.2 Å². The topological polar surface area (TPSA) is 96.2 Å². The minimum absolute atomic E-state index is 0.144. The Morgan fingerprint density at radius 3 is 2.71 bits per heavy atom. The van der Waals surface area contributed by atoms with E-state index in [9.17, 15) is 4.79 Å². The number of carbonyl (C=O) groups excluding carboxylic acids is 1. The highest BCUT2D eigenvalue weighted by Crippen LogP contribution is 2.25. The summed E-state index contributed by atoms with van der Waals surface area (Å²) >= 11 is 0. The summed E-state index contributed by atoms with van der Waals surface area (Å²) in [4.78, 5) is 20.9. The van der Waals surface area contributed by atoms with Crippen LogP contribution in [0, 0.1) is 5.92 Å². The zero-order valence-electron chi connectivity index (χ0n) is 16.6. The molecule has 1 aromatic carbocycles. The zero-order valence-corrected chi connectivity index (χ0v) is 16.6. The molecule has 1 saturated carbocycles. The number of aliphatic imine (C=N–C) groups is 1. The molecule has 0 saturated heterocycles. The van der Waals surface area contributed by atoms with Crippen LogP contribution < -0.4 is 16.0 Å². The Bertz CT molecular complexity index is 808. The monoisotopic (exact) mass is 383 g/mol. The molecule has 1 aliphatic carbocycles. The molecule has 0 atom stereocenters. The SMILES string of the molecule is CN=C(NCc1cccc(NC(=O)C2CCCCC2)c1)NCc1ncnn1C. The van der Waals surface area contributed by atoms with Crippen molar-refractivity contribution in [3.63, 3.8) is 0 Å². The van der Waals surface area contributed by atoms with Gasteiger partial charge in [-0.05, 0) is 30.5 Å². The number of nitrogens with one attached hydrogen (secondary N) is 3. The molecule has 1 fully saturated rings. The summed E-state index contributed by atoms with van der Waals surface area (Å²) in [7, 11) is 3.58. The fourth-order valence-electron chi connectivity index (χ4n) is 3.42. The van der Waals surface area contributed by atoms with E-state index < -0.39 is 0 Å². The van der Waals surface area contributed by atoms with E-state index in [1.54, 1.807) is 11.7 Å². The number of hydrogen-bond donors (Lipinski definition) is 3. The van der Waals surface area contributed by atoms with Gasteiger partial charge in [0.2, 0.25) is 5.91 Å². The van der Waals surface area contributed by atoms with Crippen molar-refractivity contribution in [3.8, 4) is 0 Å². The predicted molar refractivity (Wildman–Crippen MR) is 110 cm³/mol. The fourth-order valence-corrected chi connectivity index (χ4v) is 3.42. The van der Waals surface area contributed by atoms with E-state index in [-0.39, 0.29) is 11.8 Å². The minimum atomic E-state index is 0.144. The Balaban J connectivity index is 1.50. The third kappa shape index (κ3) is 5.55. The smallest absolute Gasteiger partial charge is 0.227 e. The first-order valence-corrected chi connectivity index (χ1v) is 9.83. The summed E-state index contributed by atoms with van der Waals surface area (Å²) in [5, 5.41) is 13.6. The van der Waals surface area contributed by atoms with E-state index in [1.165, 1.54) is 12.7 Å². The van der Waals surface area contributed by atoms with Gasteiger partial charge in [-0.15, -0.1) is 0 Å². The van der Waals surface area contributed by atoms with E-state index in [4.69, 9.17) is 0 Å². The van der Waals surface area contributed by atoms with Gasteiger partial charge in [0.05, 0.1) is 6.54 Å². The molecule has 8 heteroatoms. The van der Waals surface area contributed by atoms with Gasteiger partial charge in [0.25, 0.3) is 0 Å². The maximum absolute atomic E-state index is 12.4. The average Bonchev–Trinajstić information content (AvgIpc) is 3.14. The van der Waals surface area contributed by atoms with Crippen LogP contribution in [0.15, 0.2) is 35.6 Å². The fraction of sp³-hybridized carbons (Fsp3) is 0.500. The van der Waals surface area contributed by atoms with Crippen molar-refractivity contribution in [2.45, 2.75) is 45.2 Å². The third-order valence-corrected chi connectivity index (χ3v) is 5.07. The molecule has 3 N–H and O–H groups in total. The molecular formula is C20H29N7O. The Morgan fingerprint density at radius 1 is 1.21 bits per heavy atom. The molecule has 0 spiro atoms. The molecule has 150 valence electrons. The molecule has 1 heterocycles. The van der Waals surface area contributed by atoms with Crippen LogP contribution in [0.25, 0.3) is 0 Å². The number of nitrogens with zero attached hydrogens (tertiary/aromatic N) is 4. The zero-order chi connectivity index (χ0) is 19.8. The summed E-state index contributed by atoms with van der Waals surface area (Å²) < 4.78 is 1.72. The first kappa shape index (κ1) is 19.9. The molecule has 1 aliphatic rings. The number of aromatic nitrogens is 3. The second-order valence-corrected chi connectivity index (χ2v) is 7.10. The van der Waals surface area contributed by atoms with Crippen LogP contribution >= 0.6 is 0 Å². The normalized spacial score (nSPS) is 15.3. The quantitative estimate of drug-likeness (QED) is 0.525. The number of aryl methyl sites for hydroxylation is 1. The van der Waals surface area contributed by atoms with Gasteiger partial charge in [-0.3, -0.25) is 14.5 Å². The summed E-state index contributed by atoms with van der Waals surface area (Å²) in [6, 6.07) is 7.93. The summed E-state index contributed by atoms with van der Waals surface area (Å²) in [5.74, 6) is 1.81. The number of amides is 1. The largest absolute Gasteiger partial charge is 0.352 e. The molecule has 0 radical (unpaired) electrons. The average molecular weight is 384 g/mol. The number of anilines is 1. The molecule has 1 amide bonds. The molecule has 0 aliphatic heterocycles.